The van der Waals surface area contributed by atoms with Gasteiger partial charge in [0.05, 0.1) is 5.92 Å². The van der Waals surface area contributed by atoms with Crippen LogP contribution in [-0.2, 0) is 19.4 Å². The first-order valence-corrected chi connectivity index (χ1v) is 6.36. The minimum absolute atomic E-state index is 0.0603. The van der Waals surface area contributed by atoms with Gasteiger partial charge in [0.2, 0.25) is 0 Å². The molecule has 0 radical (unpaired) electrons. The Morgan fingerprint density at radius 3 is 2.12 bits per heavy atom. The van der Waals surface area contributed by atoms with Gasteiger partial charge in [-0.05, 0) is 18.4 Å². The molecule has 0 saturated heterocycles. The van der Waals surface area contributed by atoms with E-state index in [1.165, 1.54) is 0 Å². The van der Waals surface area contributed by atoms with Crippen LogP contribution in [0, 0.1) is 5.92 Å². The average Bonchev–Trinajstić information content (AvgIpc) is 2.42. The molecule has 16 heavy (non-hydrogen) atoms. The van der Waals surface area contributed by atoms with E-state index in [-0.39, 0.29) is 12.0 Å². The summed E-state index contributed by atoms with van der Waals surface area (Å²) in [6.07, 6.45) is 0.223. The van der Waals surface area contributed by atoms with Gasteiger partial charge in [-0.3, -0.25) is 9.59 Å². The first-order chi connectivity index (χ1) is 7.13. The largest absolute Gasteiger partial charge is 0.481 e. The van der Waals surface area contributed by atoms with Gasteiger partial charge in [0.15, 0.2) is 14.6 Å². The lowest BCUT2D eigenvalue weighted by Crippen LogP contribution is -2.45. The summed E-state index contributed by atoms with van der Waals surface area (Å²) < 4.78 is 20.9. The van der Waals surface area contributed by atoms with Crippen molar-refractivity contribution < 1.29 is 28.2 Å². The first-order valence-electron chi connectivity index (χ1n) is 4.47. The van der Waals surface area contributed by atoms with Crippen molar-refractivity contribution in [1.29, 1.82) is 0 Å². The number of carboxylic acids is 2. The van der Waals surface area contributed by atoms with Crippen LogP contribution in [-0.4, -0.2) is 41.6 Å². The first kappa shape index (κ1) is 12.7. The maximum atomic E-state index is 11.5. The zero-order valence-corrected chi connectivity index (χ0v) is 9.45. The van der Waals surface area contributed by atoms with Gasteiger partial charge in [0, 0.05) is 6.26 Å². The number of aliphatic carboxylic acids is 2. The van der Waals surface area contributed by atoms with Crippen LogP contribution in [0.3, 0.4) is 0 Å². The van der Waals surface area contributed by atoms with E-state index in [0.29, 0.717) is 0 Å². The molecule has 0 amide bonds. The molecule has 0 aromatic rings. The molecule has 0 unspecified atom stereocenters. The molecule has 0 aromatic carbocycles. The van der Waals surface area contributed by atoms with Crippen molar-refractivity contribution in [2.75, 3.05) is 6.26 Å². The lowest BCUT2D eigenvalue weighted by Gasteiger charge is -2.23. The van der Waals surface area contributed by atoms with Crippen LogP contribution in [0.15, 0.2) is 12.2 Å². The predicted molar refractivity (Wildman–Crippen MR) is 54.7 cm³/mol. The Labute approximate surface area is 92.5 Å². The Kier molecular flexibility index (Phi) is 2.84. The molecule has 0 spiro atoms. The molecule has 0 aromatic heterocycles. The predicted octanol–water partition coefficient (Wildman–Crippen LogP) is -0.0948. The maximum Gasteiger partial charge on any atom is 0.329 e. The van der Waals surface area contributed by atoms with Crippen LogP contribution < -0.4 is 0 Å². The minimum atomic E-state index is -3.94. The molecule has 2 N–H and O–H groups in total. The van der Waals surface area contributed by atoms with E-state index in [9.17, 15) is 18.0 Å². The Hall–Kier alpha value is -1.37. The summed E-state index contributed by atoms with van der Waals surface area (Å²) in [6.45, 7) is 3.40. The van der Waals surface area contributed by atoms with E-state index >= 15 is 0 Å². The third-order valence-corrected chi connectivity index (χ3v) is 4.82. The maximum absolute atomic E-state index is 11.5. The van der Waals surface area contributed by atoms with Crippen molar-refractivity contribution >= 4 is 21.8 Å². The number of carbonyl (C=O) groups is 2. The van der Waals surface area contributed by atoms with Gasteiger partial charge in [-0.25, -0.2) is 8.42 Å². The number of hydrogen-bond acceptors (Lipinski definition) is 4. The highest BCUT2D eigenvalue weighted by molar-refractivity contribution is 7.93. The highest BCUT2D eigenvalue weighted by Gasteiger charge is 2.57. The number of sulfone groups is 1. The topological polar surface area (TPSA) is 109 Å². The van der Waals surface area contributed by atoms with E-state index in [1.807, 2.05) is 0 Å². The third kappa shape index (κ3) is 1.60. The monoisotopic (exact) mass is 248 g/mol. The van der Waals surface area contributed by atoms with Gasteiger partial charge in [0.1, 0.15) is 0 Å². The Balaban J connectivity index is 3.32. The fourth-order valence-corrected chi connectivity index (χ4v) is 3.44. The van der Waals surface area contributed by atoms with Crippen LogP contribution in [0.1, 0.15) is 12.8 Å². The van der Waals surface area contributed by atoms with Crippen LogP contribution in [0.5, 0.6) is 0 Å². The molecule has 1 rings (SSSR count). The smallest absolute Gasteiger partial charge is 0.329 e. The third-order valence-electron chi connectivity index (χ3n) is 2.93. The molecule has 1 saturated carbocycles. The molecule has 0 bridgehead atoms. The fraction of sp³-hybridized carbons (Fsp3) is 0.556. The molecule has 0 aliphatic heterocycles. The second kappa shape index (κ2) is 3.58. The normalized spacial score (nSPS) is 30.3. The second-order valence-corrected chi connectivity index (χ2v) is 6.19. The average molecular weight is 248 g/mol. The molecule has 6 nitrogen and oxygen atoms in total. The van der Waals surface area contributed by atoms with Gasteiger partial charge in [-0.15, -0.1) is 0 Å². The highest BCUT2D eigenvalue weighted by Crippen LogP contribution is 2.44. The van der Waals surface area contributed by atoms with Crippen molar-refractivity contribution in [2.24, 2.45) is 5.92 Å². The van der Waals surface area contributed by atoms with Crippen molar-refractivity contribution in [3.63, 3.8) is 0 Å². The summed E-state index contributed by atoms with van der Waals surface area (Å²) in [4.78, 5) is 21.9. The molecule has 1 aliphatic rings. The summed E-state index contributed by atoms with van der Waals surface area (Å²) in [7, 11) is -3.94. The Bertz CT molecular complexity index is 462. The standard InChI is InChI=1S/C9H12O6S/c1-5-3-6(7(10)11)4-9(5,8(12)13)16(2,14)15/h6H,1,3-4H2,2H3,(H,10,11)(H,12,13)/t6-,9-/m0/s1. The number of rotatable bonds is 3. The van der Waals surface area contributed by atoms with E-state index in [0.717, 1.165) is 6.26 Å². The lowest BCUT2D eigenvalue weighted by atomic mass is 10.0. The summed E-state index contributed by atoms with van der Waals surface area (Å²) >= 11 is 0. The van der Waals surface area contributed by atoms with Gasteiger partial charge in [-0.2, -0.15) is 0 Å². The van der Waals surface area contributed by atoms with Crippen LogP contribution >= 0.6 is 0 Å². The molecule has 90 valence electrons. The fourth-order valence-electron chi connectivity index (χ4n) is 2.01. The lowest BCUT2D eigenvalue weighted by molar-refractivity contribution is -0.142. The number of carboxylic acid groups (broad SMARTS) is 2. The van der Waals surface area contributed by atoms with E-state index < -0.39 is 38.9 Å². The molecular weight excluding hydrogens is 236 g/mol. The van der Waals surface area contributed by atoms with Gasteiger partial charge >= 0.3 is 11.9 Å². The van der Waals surface area contributed by atoms with E-state index in [1.54, 1.807) is 0 Å². The molecule has 2 atom stereocenters. The van der Waals surface area contributed by atoms with E-state index in [2.05, 4.69) is 6.58 Å². The Morgan fingerprint density at radius 2 is 1.94 bits per heavy atom. The minimum Gasteiger partial charge on any atom is -0.481 e. The van der Waals surface area contributed by atoms with Crippen LogP contribution in [0.4, 0.5) is 0 Å². The SMILES string of the molecule is C=C1C[C@H](C(=O)O)C[C@]1(C(=O)O)S(C)(=O)=O. The Morgan fingerprint density at radius 1 is 1.44 bits per heavy atom. The van der Waals surface area contributed by atoms with Gasteiger partial charge in [0.25, 0.3) is 0 Å². The van der Waals surface area contributed by atoms with E-state index in [4.69, 9.17) is 10.2 Å². The van der Waals surface area contributed by atoms with Gasteiger partial charge < -0.3 is 10.2 Å². The quantitative estimate of drug-likeness (QED) is 0.675. The zero-order valence-electron chi connectivity index (χ0n) is 8.63. The van der Waals surface area contributed by atoms with Crippen molar-refractivity contribution in [3.05, 3.63) is 12.2 Å². The molecular formula is C9H12O6S. The van der Waals surface area contributed by atoms with Crippen molar-refractivity contribution in [2.45, 2.75) is 17.6 Å². The summed E-state index contributed by atoms with van der Waals surface area (Å²) in [5.74, 6) is -3.75. The van der Waals surface area contributed by atoms with Crippen LogP contribution in [0.25, 0.3) is 0 Å². The molecule has 1 aliphatic carbocycles. The van der Waals surface area contributed by atoms with Gasteiger partial charge in [-0.1, -0.05) is 6.58 Å². The van der Waals surface area contributed by atoms with Crippen molar-refractivity contribution in [3.8, 4) is 0 Å². The highest BCUT2D eigenvalue weighted by atomic mass is 32.2. The molecule has 1 fully saturated rings. The molecule has 0 heterocycles. The van der Waals surface area contributed by atoms with Crippen LogP contribution in [0.2, 0.25) is 0 Å². The summed E-state index contributed by atoms with van der Waals surface area (Å²) in [5.41, 5.74) is -0.0603. The second-order valence-electron chi connectivity index (χ2n) is 3.95. The number of hydrogen-bond donors (Lipinski definition) is 2. The summed E-state index contributed by atoms with van der Waals surface area (Å²) in [6, 6.07) is 0. The molecule has 7 heteroatoms. The zero-order chi connectivity index (χ0) is 12.7. The summed E-state index contributed by atoms with van der Waals surface area (Å²) in [5, 5.41) is 17.8. The van der Waals surface area contributed by atoms with Crippen molar-refractivity contribution in [1.82, 2.24) is 0 Å².